The number of fused-ring (bicyclic) bond motifs is 2. The fourth-order valence-electron chi connectivity index (χ4n) is 3.74. The smallest absolute Gasteiger partial charge is 0.410 e. The Balaban J connectivity index is 1.41. The van der Waals surface area contributed by atoms with E-state index in [1.807, 2.05) is 37.3 Å². The minimum atomic E-state index is -1.22. The number of carbonyl (C=O) groups is 2. The lowest BCUT2D eigenvalue weighted by molar-refractivity contribution is 0.0738. The minimum Gasteiger partial charge on any atom is -0.491 e. The molecule has 3 N–H and O–H groups in total. The molecule has 0 radical (unpaired) electrons. The summed E-state index contributed by atoms with van der Waals surface area (Å²) in [5.74, 6) is 1.41. The van der Waals surface area contributed by atoms with Crippen LogP contribution in [-0.2, 0) is 6.54 Å². The molecule has 2 aromatic heterocycles. The van der Waals surface area contributed by atoms with Gasteiger partial charge in [-0.3, -0.25) is 10.1 Å². The number of hydrogen-bond acceptors (Lipinski definition) is 6. The first kappa shape index (κ1) is 20.0. The summed E-state index contributed by atoms with van der Waals surface area (Å²) in [5.41, 5.74) is 4.85. The molecule has 2 aromatic carbocycles. The third-order valence-electron chi connectivity index (χ3n) is 5.19. The molecule has 4 aromatic rings. The largest absolute Gasteiger partial charge is 0.491 e. The average molecular weight is 449 g/mol. The number of aryl methyl sites for hydroxylation is 1. The number of nitrogens with zero attached hydrogens (tertiary/aromatic N) is 3. The number of carbonyl (C=O) groups excluding carboxylic acids is 1. The number of thiazole rings is 1. The Bertz CT molecular complexity index is 1350. The first-order valence-corrected chi connectivity index (χ1v) is 10.8. The third kappa shape index (κ3) is 3.87. The molecule has 0 fully saturated rings. The SMILES string of the molecule is Cc1nc2ccc(-c3ccc4c(c3)CN(C(=O)c3cnc(NC(=O)O)s3)CCO4)cc2[nH]1. The lowest BCUT2D eigenvalue weighted by Gasteiger charge is -2.19. The molecule has 0 bridgehead atoms. The molecule has 0 aliphatic carbocycles. The van der Waals surface area contributed by atoms with Crippen LogP contribution in [0, 0.1) is 6.92 Å². The number of aromatic nitrogens is 3. The Morgan fingerprint density at radius 2 is 2.03 bits per heavy atom. The highest BCUT2D eigenvalue weighted by molar-refractivity contribution is 7.17. The van der Waals surface area contributed by atoms with Gasteiger partial charge in [-0.05, 0) is 42.3 Å². The van der Waals surface area contributed by atoms with E-state index in [9.17, 15) is 9.59 Å². The monoisotopic (exact) mass is 449 g/mol. The fourth-order valence-corrected chi connectivity index (χ4v) is 4.52. The van der Waals surface area contributed by atoms with Gasteiger partial charge < -0.3 is 19.7 Å². The lowest BCUT2D eigenvalue weighted by atomic mass is 10.0. The molecule has 0 atom stereocenters. The van der Waals surface area contributed by atoms with Crippen LogP contribution in [0.1, 0.15) is 21.1 Å². The molecule has 0 saturated heterocycles. The topological polar surface area (TPSA) is 120 Å². The standard InChI is InChI=1S/C22H19N5O4S/c1-12-24-16-4-2-14(9-17(16)25-12)13-3-5-18-15(8-13)11-27(6-7-31-18)20(28)19-10-23-21(32-19)26-22(29)30/h2-5,8-10H,6-7,11H2,1H3,(H,23,26)(H,24,25)(H,29,30). The van der Waals surface area contributed by atoms with E-state index in [-0.39, 0.29) is 11.0 Å². The number of H-pyrrole nitrogens is 1. The molecule has 2 amide bonds. The molecule has 3 heterocycles. The van der Waals surface area contributed by atoms with Gasteiger partial charge in [0.2, 0.25) is 0 Å². The number of carboxylic acid groups (broad SMARTS) is 1. The van der Waals surface area contributed by atoms with E-state index in [0.29, 0.717) is 24.6 Å². The van der Waals surface area contributed by atoms with Gasteiger partial charge in [-0.2, -0.15) is 0 Å². The van der Waals surface area contributed by atoms with Crippen molar-refractivity contribution in [2.45, 2.75) is 13.5 Å². The van der Waals surface area contributed by atoms with Crippen LogP contribution in [0.25, 0.3) is 22.2 Å². The molecule has 10 heteroatoms. The predicted molar refractivity (Wildman–Crippen MR) is 120 cm³/mol. The highest BCUT2D eigenvalue weighted by Crippen LogP contribution is 2.31. The molecule has 0 unspecified atom stereocenters. The van der Waals surface area contributed by atoms with Crippen molar-refractivity contribution in [3.05, 3.63) is 58.9 Å². The number of anilines is 1. The van der Waals surface area contributed by atoms with Gasteiger partial charge in [-0.1, -0.05) is 23.5 Å². The minimum absolute atomic E-state index is 0.166. The first-order chi connectivity index (χ1) is 15.5. The van der Waals surface area contributed by atoms with Crippen LogP contribution in [0.15, 0.2) is 42.6 Å². The Morgan fingerprint density at radius 3 is 2.88 bits per heavy atom. The molecular weight excluding hydrogens is 430 g/mol. The van der Waals surface area contributed by atoms with E-state index in [4.69, 9.17) is 9.84 Å². The highest BCUT2D eigenvalue weighted by Gasteiger charge is 2.23. The maximum Gasteiger partial charge on any atom is 0.410 e. The van der Waals surface area contributed by atoms with Crippen LogP contribution in [0.5, 0.6) is 5.75 Å². The summed E-state index contributed by atoms with van der Waals surface area (Å²) in [5, 5.41) is 11.2. The van der Waals surface area contributed by atoms with Crippen LogP contribution < -0.4 is 10.1 Å². The van der Waals surface area contributed by atoms with Crippen LogP contribution >= 0.6 is 11.3 Å². The van der Waals surface area contributed by atoms with Gasteiger partial charge in [0, 0.05) is 12.1 Å². The summed E-state index contributed by atoms with van der Waals surface area (Å²) >= 11 is 1.01. The van der Waals surface area contributed by atoms with E-state index in [2.05, 4.69) is 26.3 Å². The van der Waals surface area contributed by atoms with Crippen LogP contribution in [0.4, 0.5) is 9.93 Å². The van der Waals surface area contributed by atoms with Gasteiger partial charge in [0.1, 0.15) is 23.1 Å². The number of imidazole rings is 1. The summed E-state index contributed by atoms with van der Waals surface area (Å²) in [7, 11) is 0. The second-order valence-electron chi connectivity index (χ2n) is 7.41. The van der Waals surface area contributed by atoms with Gasteiger partial charge in [-0.15, -0.1) is 0 Å². The van der Waals surface area contributed by atoms with E-state index in [1.54, 1.807) is 4.90 Å². The Labute approximate surface area is 186 Å². The van der Waals surface area contributed by atoms with Crippen LogP contribution in [-0.4, -0.2) is 50.1 Å². The van der Waals surface area contributed by atoms with Gasteiger partial charge in [0.05, 0.1) is 23.8 Å². The number of ether oxygens (including phenoxy) is 1. The normalized spacial score (nSPS) is 13.3. The van der Waals surface area contributed by atoms with Gasteiger partial charge >= 0.3 is 6.09 Å². The fraction of sp³-hybridized carbons (Fsp3) is 0.182. The second kappa shape index (κ2) is 7.97. The molecule has 5 rings (SSSR count). The Hall–Kier alpha value is -3.92. The summed E-state index contributed by atoms with van der Waals surface area (Å²) in [6.45, 7) is 3.10. The van der Waals surface area contributed by atoms with Gasteiger partial charge in [0.25, 0.3) is 5.91 Å². The maximum absolute atomic E-state index is 13.0. The van der Waals surface area contributed by atoms with Crippen molar-refractivity contribution in [2.75, 3.05) is 18.5 Å². The predicted octanol–water partition coefficient (Wildman–Crippen LogP) is 4.12. The lowest BCUT2D eigenvalue weighted by Crippen LogP contribution is -2.31. The van der Waals surface area contributed by atoms with Crippen molar-refractivity contribution < 1.29 is 19.4 Å². The Morgan fingerprint density at radius 1 is 1.22 bits per heavy atom. The molecule has 0 spiro atoms. The highest BCUT2D eigenvalue weighted by atomic mass is 32.1. The number of aromatic amines is 1. The average Bonchev–Trinajstić information content (AvgIpc) is 3.31. The molecule has 162 valence electrons. The third-order valence-corrected chi connectivity index (χ3v) is 6.09. The number of nitrogens with one attached hydrogen (secondary N) is 2. The van der Waals surface area contributed by atoms with Crippen LogP contribution in [0.2, 0.25) is 0 Å². The molecule has 1 aliphatic heterocycles. The molecule has 0 saturated carbocycles. The number of rotatable bonds is 3. The van der Waals surface area contributed by atoms with Crippen molar-refractivity contribution in [2.24, 2.45) is 0 Å². The zero-order valence-corrected chi connectivity index (χ0v) is 17.9. The first-order valence-electron chi connectivity index (χ1n) is 9.94. The van der Waals surface area contributed by atoms with E-state index in [1.165, 1.54) is 6.20 Å². The molecular formula is C22H19N5O4S. The number of amides is 2. The van der Waals surface area contributed by atoms with Crippen molar-refractivity contribution >= 4 is 39.5 Å². The van der Waals surface area contributed by atoms with E-state index in [0.717, 1.165) is 50.6 Å². The van der Waals surface area contributed by atoms with E-state index < -0.39 is 6.09 Å². The molecule has 9 nitrogen and oxygen atoms in total. The zero-order valence-electron chi connectivity index (χ0n) is 17.1. The zero-order chi connectivity index (χ0) is 22.2. The molecule has 1 aliphatic rings. The van der Waals surface area contributed by atoms with Crippen molar-refractivity contribution in [1.29, 1.82) is 0 Å². The quantitative estimate of drug-likeness (QED) is 0.433. The van der Waals surface area contributed by atoms with Crippen molar-refractivity contribution in [3.63, 3.8) is 0 Å². The summed E-state index contributed by atoms with van der Waals surface area (Å²) in [6.07, 6.45) is 0.176. The van der Waals surface area contributed by atoms with Crippen LogP contribution in [0.3, 0.4) is 0 Å². The summed E-state index contributed by atoms with van der Waals surface area (Å²) in [4.78, 5) is 37.5. The van der Waals surface area contributed by atoms with Crippen molar-refractivity contribution in [3.8, 4) is 16.9 Å². The summed E-state index contributed by atoms with van der Waals surface area (Å²) < 4.78 is 5.87. The van der Waals surface area contributed by atoms with Gasteiger partial charge in [-0.25, -0.2) is 14.8 Å². The molecule has 32 heavy (non-hydrogen) atoms. The number of hydrogen-bond donors (Lipinski definition) is 3. The number of benzene rings is 2. The Kier molecular flexibility index (Phi) is 4.98. The van der Waals surface area contributed by atoms with Gasteiger partial charge in [0.15, 0.2) is 5.13 Å². The maximum atomic E-state index is 13.0. The van der Waals surface area contributed by atoms with Crippen molar-refractivity contribution in [1.82, 2.24) is 19.9 Å². The van der Waals surface area contributed by atoms with E-state index >= 15 is 0 Å². The second-order valence-corrected chi connectivity index (χ2v) is 8.44. The summed E-state index contributed by atoms with van der Waals surface area (Å²) in [6, 6.07) is 12.1.